The summed E-state index contributed by atoms with van der Waals surface area (Å²) in [5.41, 5.74) is -0.309. The van der Waals surface area contributed by atoms with Crippen molar-refractivity contribution in [3.63, 3.8) is 0 Å². The molecule has 7 rings (SSSR count). The quantitative estimate of drug-likeness (QED) is 0.491. The van der Waals surface area contributed by atoms with Crippen LogP contribution in [-0.4, -0.2) is 39.4 Å². The molecule has 5 heteroatoms. The molecule has 1 heterocycles. The highest BCUT2D eigenvalue weighted by Crippen LogP contribution is 2.75. The molecule has 5 fully saturated rings. The van der Waals surface area contributed by atoms with Gasteiger partial charge in [0.2, 0.25) is 0 Å². The molecule has 1 aliphatic heterocycles. The van der Waals surface area contributed by atoms with Gasteiger partial charge in [-0.3, -0.25) is 4.79 Å². The molecule has 2 N–H and O–H groups in total. The van der Waals surface area contributed by atoms with Crippen LogP contribution in [0.3, 0.4) is 0 Å². The minimum atomic E-state index is -1.07. The summed E-state index contributed by atoms with van der Waals surface area (Å²) < 4.78 is 0. The van der Waals surface area contributed by atoms with E-state index in [0.717, 1.165) is 31.2 Å². The van der Waals surface area contributed by atoms with Crippen molar-refractivity contribution in [2.45, 2.75) is 108 Å². The van der Waals surface area contributed by atoms with Gasteiger partial charge in [0.25, 0.3) is 0 Å². The zero-order valence-electron chi connectivity index (χ0n) is 22.6. The Morgan fingerprint density at radius 1 is 1.05 bits per heavy atom. The van der Waals surface area contributed by atoms with Gasteiger partial charge in [-0.1, -0.05) is 51.6 Å². The first-order chi connectivity index (χ1) is 17.4. The molecule has 1 aromatic carbocycles. The molecular weight excluding hydrogens is 464 g/mol. The standard InChI is InChI=1S/C32H42O5/c1-5-20-6-7-22-21(14-20)15-30-13-12-29(17-27(2,3)19-36-37-29)18-31(30,34)11-10-24-23-8-9-26(33)28(23,4)16-25(22)32(24,30)35/h5-7,14,23-25,34-35H,1,8-13,15-19H2,2-4H3/t23-,24-,25+,28-,29?,30+,31+,32-/m0/s1. The molecule has 8 atom stereocenters. The molecule has 0 radical (unpaired) electrons. The van der Waals surface area contributed by atoms with Crippen LogP contribution in [0.25, 0.3) is 6.08 Å². The second kappa shape index (κ2) is 7.35. The molecule has 1 aromatic rings. The Balaban J connectivity index is 1.41. The lowest BCUT2D eigenvalue weighted by Crippen LogP contribution is -2.78. The fourth-order valence-corrected chi connectivity index (χ4v) is 10.8. The normalized spacial score (nSPS) is 49.5. The van der Waals surface area contributed by atoms with Crippen LogP contribution in [0.4, 0.5) is 0 Å². The summed E-state index contributed by atoms with van der Waals surface area (Å²) in [6.07, 6.45) is 8.84. The summed E-state index contributed by atoms with van der Waals surface area (Å²) in [5.74, 6) is 0.399. The molecule has 2 spiro atoms. The second-order valence-electron chi connectivity index (χ2n) is 14.7. The maximum Gasteiger partial charge on any atom is 0.139 e. The number of hydrogen-bond acceptors (Lipinski definition) is 5. The van der Waals surface area contributed by atoms with E-state index in [2.05, 4.69) is 45.5 Å². The Morgan fingerprint density at radius 2 is 1.86 bits per heavy atom. The van der Waals surface area contributed by atoms with Crippen LogP contribution in [0.15, 0.2) is 24.8 Å². The van der Waals surface area contributed by atoms with Crippen LogP contribution in [0.1, 0.15) is 101 Å². The van der Waals surface area contributed by atoms with Gasteiger partial charge < -0.3 is 10.2 Å². The van der Waals surface area contributed by atoms with Crippen LogP contribution in [0.2, 0.25) is 0 Å². The zero-order valence-corrected chi connectivity index (χ0v) is 22.6. The van der Waals surface area contributed by atoms with Gasteiger partial charge >= 0.3 is 0 Å². The van der Waals surface area contributed by atoms with Gasteiger partial charge in [-0.25, -0.2) is 9.78 Å². The highest BCUT2D eigenvalue weighted by molar-refractivity contribution is 5.87. The predicted molar refractivity (Wildman–Crippen MR) is 141 cm³/mol. The Labute approximate surface area is 220 Å². The van der Waals surface area contributed by atoms with Gasteiger partial charge in [0, 0.05) is 29.6 Å². The highest BCUT2D eigenvalue weighted by atomic mass is 17.2. The number of fused-ring (bicyclic) bond motifs is 4. The van der Waals surface area contributed by atoms with Crippen molar-refractivity contribution in [2.24, 2.45) is 28.1 Å². The number of ketones is 1. The average molecular weight is 507 g/mol. The van der Waals surface area contributed by atoms with Gasteiger partial charge in [0.1, 0.15) is 11.4 Å². The Morgan fingerprint density at radius 3 is 2.62 bits per heavy atom. The van der Waals surface area contributed by atoms with E-state index in [1.807, 2.05) is 6.08 Å². The third-order valence-corrected chi connectivity index (χ3v) is 12.3. The minimum Gasteiger partial charge on any atom is -0.389 e. The fourth-order valence-electron chi connectivity index (χ4n) is 10.8. The molecule has 37 heavy (non-hydrogen) atoms. The van der Waals surface area contributed by atoms with E-state index in [1.54, 1.807) is 0 Å². The van der Waals surface area contributed by atoms with Gasteiger partial charge in [0.15, 0.2) is 0 Å². The maximum absolute atomic E-state index is 13.3. The number of rotatable bonds is 1. The summed E-state index contributed by atoms with van der Waals surface area (Å²) in [4.78, 5) is 25.1. The Hall–Kier alpha value is -1.53. The van der Waals surface area contributed by atoms with Crippen LogP contribution in [-0.2, 0) is 21.0 Å². The third-order valence-electron chi connectivity index (χ3n) is 12.3. The fraction of sp³-hybridized carbons (Fsp3) is 0.719. The van der Waals surface area contributed by atoms with Gasteiger partial charge in [-0.2, -0.15) is 0 Å². The topological polar surface area (TPSA) is 76.0 Å². The van der Waals surface area contributed by atoms with Gasteiger partial charge in [0.05, 0.1) is 17.8 Å². The van der Waals surface area contributed by atoms with Crippen LogP contribution >= 0.6 is 0 Å². The number of benzene rings is 1. The molecule has 200 valence electrons. The van der Waals surface area contributed by atoms with E-state index in [1.165, 1.54) is 11.1 Å². The average Bonchev–Trinajstić information content (AvgIpc) is 3.12. The van der Waals surface area contributed by atoms with Gasteiger partial charge in [-0.05, 0) is 85.3 Å². The molecule has 1 unspecified atom stereocenters. The van der Waals surface area contributed by atoms with Crippen molar-refractivity contribution in [1.82, 2.24) is 0 Å². The maximum atomic E-state index is 13.3. The van der Waals surface area contributed by atoms with E-state index in [9.17, 15) is 15.0 Å². The highest BCUT2D eigenvalue weighted by Gasteiger charge is 2.78. The first kappa shape index (κ1) is 24.5. The summed E-state index contributed by atoms with van der Waals surface area (Å²) in [5, 5.41) is 26.1. The van der Waals surface area contributed by atoms with Crippen molar-refractivity contribution in [3.8, 4) is 0 Å². The number of hydrogen-bond donors (Lipinski definition) is 2. The van der Waals surface area contributed by atoms with Crippen molar-refractivity contribution in [2.75, 3.05) is 6.61 Å². The van der Waals surface area contributed by atoms with E-state index in [-0.39, 0.29) is 23.2 Å². The lowest BCUT2D eigenvalue weighted by atomic mass is 9.34. The molecule has 0 bridgehead atoms. The molecule has 5 nitrogen and oxygen atoms in total. The lowest BCUT2D eigenvalue weighted by molar-refractivity contribution is -0.431. The third kappa shape index (κ3) is 2.92. The molecular formula is C32H42O5. The predicted octanol–water partition coefficient (Wildman–Crippen LogP) is 5.52. The van der Waals surface area contributed by atoms with Crippen molar-refractivity contribution in [3.05, 3.63) is 41.5 Å². The summed E-state index contributed by atoms with van der Waals surface area (Å²) in [6.45, 7) is 11.1. The Bertz CT molecular complexity index is 1190. The zero-order chi connectivity index (χ0) is 26.1. The molecule has 1 saturated heterocycles. The Kier molecular flexibility index (Phi) is 4.87. The first-order valence-corrected chi connectivity index (χ1v) is 14.5. The van der Waals surface area contributed by atoms with Crippen LogP contribution in [0.5, 0.6) is 0 Å². The van der Waals surface area contributed by atoms with Crippen molar-refractivity contribution < 1.29 is 24.8 Å². The summed E-state index contributed by atoms with van der Waals surface area (Å²) in [7, 11) is 0. The SMILES string of the molecule is C=Cc1ccc2c(c1)C[C@]13CCC4(CC(C)(C)COO4)C[C@]1(O)CC[C@H]1[C@@H]4CCC(=O)[C@@]4(C)C[C@H]2[C@@]13O. The van der Waals surface area contributed by atoms with E-state index in [4.69, 9.17) is 9.78 Å². The minimum absolute atomic E-state index is 0.0178. The van der Waals surface area contributed by atoms with Crippen molar-refractivity contribution in [1.29, 1.82) is 0 Å². The lowest BCUT2D eigenvalue weighted by Gasteiger charge is -2.73. The molecule has 4 saturated carbocycles. The number of carbonyl (C=O) groups excluding carboxylic acids is 1. The second-order valence-corrected chi connectivity index (χ2v) is 14.7. The summed E-state index contributed by atoms with van der Waals surface area (Å²) in [6, 6.07) is 6.47. The summed E-state index contributed by atoms with van der Waals surface area (Å²) >= 11 is 0. The number of Topliss-reactive ketones (excluding diaryl/α,β-unsaturated/α-hetero) is 1. The van der Waals surface area contributed by atoms with Crippen LogP contribution in [0, 0.1) is 28.1 Å². The molecule has 6 aliphatic rings. The van der Waals surface area contributed by atoms with Crippen molar-refractivity contribution >= 4 is 11.9 Å². The molecule has 5 aliphatic carbocycles. The molecule has 0 amide bonds. The van der Waals surface area contributed by atoms with Crippen LogP contribution < -0.4 is 0 Å². The van der Waals surface area contributed by atoms with E-state index >= 15 is 0 Å². The smallest absolute Gasteiger partial charge is 0.139 e. The number of carbonyl (C=O) groups is 1. The molecule has 0 aromatic heterocycles. The van der Waals surface area contributed by atoms with Gasteiger partial charge in [-0.15, -0.1) is 0 Å². The van der Waals surface area contributed by atoms with E-state index < -0.39 is 27.6 Å². The number of aliphatic hydroxyl groups is 2. The van der Waals surface area contributed by atoms with E-state index in [0.29, 0.717) is 50.9 Å². The first-order valence-electron chi connectivity index (χ1n) is 14.5. The monoisotopic (exact) mass is 506 g/mol. The largest absolute Gasteiger partial charge is 0.389 e.